The maximum Gasteiger partial charge on any atom is 0.338 e. The number of anilines is 1. The fourth-order valence-electron chi connectivity index (χ4n) is 2.18. The lowest BCUT2D eigenvalue weighted by Gasteiger charge is -2.09. The second-order valence-electron chi connectivity index (χ2n) is 6.24. The van der Waals surface area contributed by atoms with Crippen molar-refractivity contribution in [2.75, 3.05) is 11.3 Å². The van der Waals surface area contributed by atoms with Gasteiger partial charge in [0.05, 0.1) is 11.0 Å². The van der Waals surface area contributed by atoms with Gasteiger partial charge < -0.3 is 10.1 Å². The van der Waals surface area contributed by atoms with E-state index in [4.69, 9.17) is 4.74 Å². The molecule has 0 aliphatic carbocycles. The maximum absolute atomic E-state index is 12.1. The molecule has 0 radical (unpaired) electrons. The largest absolute Gasteiger partial charge is 0.452 e. The van der Waals surface area contributed by atoms with Gasteiger partial charge in [-0.25, -0.2) is 13.2 Å². The molecule has 2 rings (SSSR count). The van der Waals surface area contributed by atoms with E-state index in [1.165, 1.54) is 30.3 Å². The van der Waals surface area contributed by atoms with Crippen molar-refractivity contribution in [2.24, 2.45) is 0 Å². The standard InChI is InChI=1S/C20H22N2O5S/c1-15(2)21-19(23)14-27-20(24)17-8-10-18(11-9-17)22-28(25,26)13-12-16-6-4-3-5-7-16/h3-13,15,22H,14H2,1-2H3,(H,21,23)/b13-12+. The molecule has 8 heteroatoms. The molecular formula is C20H22N2O5S. The average molecular weight is 402 g/mol. The molecule has 1 amide bonds. The van der Waals surface area contributed by atoms with E-state index in [-0.39, 0.29) is 18.2 Å². The number of nitrogens with one attached hydrogen (secondary N) is 2. The van der Waals surface area contributed by atoms with Crippen LogP contribution in [0.25, 0.3) is 6.08 Å². The highest BCUT2D eigenvalue weighted by Gasteiger charge is 2.12. The third-order valence-electron chi connectivity index (χ3n) is 3.40. The summed E-state index contributed by atoms with van der Waals surface area (Å²) >= 11 is 0. The van der Waals surface area contributed by atoms with E-state index in [2.05, 4.69) is 10.0 Å². The van der Waals surface area contributed by atoms with Crippen molar-refractivity contribution in [3.8, 4) is 0 Å². The first-order valence-electron chi connectivity index (χ1n) is 8.58. The normalized spacial score (nSPS) is 11.4. The first-order chi connectivity index (χ1) is 13.2. The van der Waals surface area contributed by atoms with Crippen LogP contribution in [-0.4, -0.2) is 32.9 Å². The number of rotatable bonds is 8. The molecular weight excluding hydrogens is 380 g/mol. The molecule has 28 heavy (non-hydrogen) atoms. The molecule has 0 aliphatic rings. The second kappa shape index (κ2) is 9.70. The van der Waals surface area contributed by atoms with Crippen LogP contribution >= 0.6 is 0 Å². The molecule has 0 unspecified atom stereocenters. The van der Waals surface area contributed by atoms with Crippen LogP contribution in [0.5, 0.6) is 0 Å². The maximum atomic E-state index is 12.1. The van der Waals surface area contributed by atoms with Gasteiger partial charge in [0.1, 0.15) is 0 Å². The summed E-state index contributed by atoms with van der Waals surface area (Å²) in [5, 5.41) is 3.68. The van der Waals surface area contributed by atoms with Crippen LogP contribution in [0.4, 0.5) is 5.69 Å². The monoisotopic (exact) mass is 402 g/mol. The average Bonchev–Trinajstić information content (AvgIpc) is 2.65. The van der Waals surface area contributed by atoms with Gasteiger partial charge in [-0.15, -0.1) is 0 Å². The van der Waals surface area contributed by atoms with E-state index in [9.17, 15) is 18.0 Å². The molecule has 0 atom stereocenters. The summed E-state index contributed by atoms with van der Waals surface area (Å²) in [6, 6.07) is 14.7. The molecule has 0 spiro atoms. The van der Waals surface area contributed by atoms with E-state index in [0.29, 0.717) is 5.69 Å². The van der Waals surface area contributed by atoms with Gasteiger partial charge in [-0.05, 0) is 49.8 Å². The third kappa shape index (κ3) is 7.24. The number of hydrogen-bond donors (Lipinski definition) is 2. The van der Waals surface area contributed by atoms with E-state index in [0.717, 1.165) is 11.0 Å². The lowest BCUT2D eigenvalue weighted by Crippen LogP contribution is -2.33. The number of esters is 1. The van der Waals surface area contributed by atoms with Crippen LogP contribution in [-0.2, 0) is 19.6 Å². The first kappa shape index (κ1) is 21.2. The number of benzene rings is 2. The molecule has 0 aliphatic heterocycles. The Labute approximate surface area is 164 Å². The predicted octanol–water partition coefficient (Wildman–Crippen LogP) is 2.78. The minimum absolute atomic E-state index is 0.0468. The van der Waals surface area contributed by atoms with Crippen LogP contribution in [0, 0.1) is 0 Å². The van der Waals surface area contributed by atoms with E-state index < -0.39 is 21.9 Å². The summed E-state index contributed by atoms with van der Waals surface area (Å²) in [5.74, 6) is -1.06. The van der Waals surface area contributed by atoms with Crippen molar-refractivity contribution >= 4 is 33.7 Å². The van der Waals surface area contributed by atoms with Gasteiger partial charge in [-0.1, -0.05) is 30.3 Å². The highest BCUT2D eigenvalue weighted by Crippen LogP contribution is 2.13. The molecule has 2 aromatic rings. The van der Waals surface area contributed by atoms with Gasteiger partial charge in [-0.2, -0.15) is 0 Å². The Hall–Kier alpha value is -3.13. The van der Waals surface area contributed by atoms with Crippen molar-refractivity contribution in [3.05, 3.63) is 71.1 Å². The Morgan fingerprint density at radius 2 is 1.68 bits per heavy atom. The topological polar surface area (TPSA) is 102 Å². The molecule has 148 valence electrons. The zero-order valence-electron chi connectivity index (χ0n) is 15.6. The van der Waals surface area contributed by atoms with Crippen molar-refractivity contribution in [3.63, 3.8) is 0 Å². The Morgan fingerprint density at radius 3 is 2.29 bits per heavy atom. The third-order valence-corrected chi connectivity index (χ3v) is 4.42. The van der Waals surface area contributed by atoms with Crippen LogP contribution in [0.3, 0.4) is 0 Å². The lowest BCUT2D eigenvalue weighted by atomic mass is 10.2. The van der Waals surface area contributed by atoms with E-state index >= 15 is 0 Å². The minimum Gasteiger partial charge on any atom is -0.452 e. The smallest absolute Gasteiger partial charge is 0.338 e. The Kier molecular flexibility index (Phi) is 7.34. The number of sulfonamides is 1. The van der Waals surface area contributed by atoms with E-state index in [1.54, 1.807) is 26.0 Å². The van der Waals surface area contributed by atoms with Gasteiger partial charge in [-0.3, -0.25) is 9.52 Å². The summed E-state index contributed by atoms with van der Waals surface area (Å²) in [6.45, 7) is 3.22. The molecule has 2 aromatic carbocycles. The summed E-state index contributed by atoms with van der Waals surface area (Å²) in [4.78, 5) is 23.4. The highest BCUT2D eigenvalue weighted by molar-refractivity contribution is 7.95. The van der Waals surface area contributed by atoms with Gasteiger partial charge in [0.15, 0.2) is 6.61 Å². The molecule has 0 bridgehead atoms. The summed E-state index contributed by atoms with van der Waals surface area (Å²) in [5.41, 5.74) is 1.26. The molecule has 2 N–H and O–H groups in total. The molecule has 0 heterocycles. The van der Waals surface area contributed by atoms with Crippen LogP contribution in [0.15, 0.2) is 60.0 Å². The fraction of sp³-hybridized carbons (Fsp3) is 0.200. The minimum atomic E-state index is -3.70. The summed E-state index contributed by atoms with van der Waals surface area (Å²) in [6.07, 6.45) is 1.48. The van der Waals surface area contributed by atoms with Gasteiger partial charge in [0.2, 0.25) is 0 Å². The SMILES string of the molecule is CC(C)NC(=O)COC(=O)c1ccc(NS(=O)(=O)/C=C/c2ccccc2)cc1. The molecule has 7 nitrogen and oxygen atoms in total. The van der Waals surface area contributed by atoms with Crippen molar-refractivity contribution < 1.29 is 22.7 Å². The summed E-state index contributed by atoms with van der Waals surface area (Å²) in [7, 11) is -3.70. The predicted molar refractivity (Wildman–Crippen MR) is 108 cm³/mol. The first-order valence-corrected chi connectivity index (χ1v) is 10.1. The zero-order chi connectivity index (χ0) is 20.6. The zero-order valence-corrected chi connectivity index (χ0v) is 16.4. The van der Waals surface area contributed by atoms with Crippen molar-refractivity contribution in [1.82, 2.24) is 5.32 Å². The Bertz CT molecular complexity index is 936. The van der Waals surface area contributed by atoms with Crippen molar-refractivity contribution in [2.45, 2.75) is 19.9 Å². The molecule has 0 aromatic heterocycles. The quantitative estimate of drug-likeness (QED) is 0.661. The highest BCUT2D eigenvalue weighted by atomic mass is 32.2. The Morgan fingerprint density at radius 1 is 1.04 bits per heavy atom. The fourth-order valence-corrected chi connectivity index (χ4v) is 3.05. The van der Waals surface area contributed by atoms with Gasteiger partial charge >= 0.3 is 5.97 Å². The number of ether oxygens (including phenoxy) is 1. The second-order valence-corrected chi connectivity index (χ2v) is 7.80. The molecule has 0 fully saturated rings. The van der Waals surface area contributed by atoms with Crippen LogP contribution in [0.2, 0.25) is 0 Å². The lowest BCUT2D eigenvalue weighted by molar-refractivity contribution is -0.124. The van der Waals surface area contributed by atoms with Gasteiger partial charge in [0.25, 0.3) is 15.9 Å². The van der Waals surface area contributed by atoms with Crippen LogP contribution < -0.4 is 10.0 Å². The van der Waals surface area contributed by atoms with E-state index in [1.807, 2.05) is 18.2 Å². The van der Waals surface area contributed by atoms with Crippen molar-refractivity contribution in [1.29, 1.82) is 0 Å². The van der Waals surface area contributed by atoms with Gasteiger partial charge in [0, 0.05) is 11.7 Å². The number of hydrogen-bond acceptors (Lipinski definition) is 5. The number of amides is 1. The number of carbonyl (C=O) groups excluding carboxylic acids is 2. The van der Waals surface area contributed by atoms with Crippen LogP contribution in [0.1, 0.15) is 29.8 Å². The molecule has 0 saturated heterocycles. The molecule has 0 saturated carbocycles. The Balaban J connectivity index is 1.93. The number of carbonyl (C=O) groups is 2. The summed E-state index contributed by atoms with van der Waals surface area (Å²) < 4.78 is 31.6.